The van der Waals surface area contributed by atoms with Gasteiger partial charge in [0, 0.05) is 6.07 Å². The van der Waals surface area contributed by atoms with E-state index in [1.165, 1.54) is 19.5 Å². The molecule has 16 heavy (non-hydrogen) atoms. The van der Waals surface area contributed by atoms with Crippen LogP contribution < -0.4 is 10.1 Å². The van der Waals surface area contributed by atoms with E-state index in [-0.39, 0.29) is 0 Å². The van der Waals surface area contributed by atoms with E-state index in [9.17, 15) is 4.79 Å². The number of rotatable bonds is 2. The number of hydrogen-bond donors (Lipinski definition) is 1. The molecule has 1 aromatic rings. The summed E-state index contributed by atoms with van der Waals surface area (Å²) in [4.78, 5) is 19.1. The number of anilines is 1. The van der Waals surface area contributed by atoms with Crippen molar-refractivity contribution in [3.63, 3.8) is 0 Å². The molecule has 1 aromatic heterocycles. The van der Waals surface area contributed by atoms with Gasteiger partial charge in [-0.25, -0.2) is 14.8 Å². The number of carbonyl (C=O) groups is 1. The van der Waals surface area contributed by atoms with Gasteiger partial charge in [-0.2, -0.15) is 0 Å². The molecule has 0 unspecified atom stereocenters. The minimum atomic E-state index is -0.562. The smallest absolute Gasteiger partial charge is 0.413 e. The van der Waals surface area contributed by atoms with Crippen molar-refractivity contribution in [1.29, 1.82) is 0 Å². The lowest BCUT2D eigenvalue weighted by atomic mass is 10.2. The van der Waals surface area contributed by atoms with Crippen molar-refractivity contribution < 1.29 is 14.3 Å². The second-order valence-electron chi connectivity index (χ2n) is 4.07. The van der Waals surface area contributed by atoms with E-state index < -0.39 is 11.7 Å². The van der Waals surface area contributed by atoms with Gasteiger partial charge in [0.15, 0.2) is 0 Å². The average Bonchev–Trinajstić information content (AvgIpc) is 2.15. The molecule has 0 fully saturated rings. The third-order valence-electron chi connectivity index (χ3n) is 1.48. The van der Waals surface area contributed by atoms with Crippen LogP contribution in [0.15, 0.2) is 12.4 Å². The van der Waals surface area contributed by atoms with Crippen LogP contribution in [0, 0.1) is 0 Å². The van der Waals surface area contributed by atoms with Gasteiger partial charge in [-0.15, -0.1) is 0 Å². The summed E-state index contributed by atoms with van der Waals surface area (Å²) >= 11 is 0. The molecule has 0 atom stereocenters. The molecule has 1 rings (SSSR count). The molecule has 6 heteroatoms. The minimum absolute atomic E-state index is 0.334. The fourth-order valence-corrected chi connectivity index (χ4v) is 0.928. The Kier molecular flexibility index (Phi) is 3.65. The number of carbonyl (C=O) groups excluding carboxylic acids is 1. The Labute approximate surface area is 94.0 Å². The summed E-state index contributed by atoms with van der Waals surface area (Å²) in [7, 11) is 1.49. The van der Waals surface area contributed by atoms with Gasteiger partial charge in [0.25, 0.3) is 0 Å². The molecule has 1 N–H and O–H groups in total. The lowest BCUT2D eigenvalue weighted by molar-refractivity contribution is 0.0635. The van der Waals surface area contributed by atoms with Crippen LogP contribution in [0.2, 0.25) is 0 Å². The highest BCUT2D eigenvalue weighted by Gasteiger charge is 2.16. The summed E-state index contributed by atoms with van der Waals surface area (Å²) in [6, 6.07) is 1.50. The quantitative estimate of drug-likeness (QED) is 0.831. The predicted octanol–water partition coefficient (Wildman–Crippen LogP) is 1.83. The fourth-order valence-electron chi connectivity index (χ4n) is 0.928. The molecule has 88 valence electrons. The molecule has 0 saturated heterocycles. The van der Waals surface area contributed by atoms with Crippen LogP contribution in [0.5, 0.6) is 5.88 Å². The van der Waals surface area contributed by atoms with Crippen molar-refractivity contribution in [2.45, 2.75) is 26.4 Å². The zero-order valence-corrected chi connectivity index (χ0v) is 9.77. The molecule has 0 aromatic carbocycles. The lowest BCUT2D eigenvalue weighted by Gasteiger charge is -2.19. The summed E-state index contributed by atoms with van der Waals surface area (Å²) < 4.78 is 9.96. The zero-order chi connectivity index (χ0) is 12.2. The molecule has 0 spiro atoms. The molecular weight excluding hydrogens is 210 g/mol. The third kappa shape index (κ3) is 4.12. The predicted molar refractivity (Wildman–Crippen MR) is 58.4 cm³/mol. The molecule has 0 bridgehead atoms. The lowest BCUT2D eigenvalue weighted by Crippen LogP contribution is -2.27. The van der Waals surface area contributed by atoms with Crippen molar-refractivity contribution in [1.82, 2.24) is 9.97 Å². The summed E-state index contributed by atoms with van der Waals surface area (Å²) in [6.07, 6.45) is 0.735. The number of amides is 1. The monoisotopic (exact) mass is 225 g/mol. The Morgan fingerprint density at radius 2 is 2.06 bits per heavy atom. The number of ether oxygens (including phenoxy) is 2. The van der Waals surface area contributed by atoms with Crippen LogP contribution in [0.4, 0.5) is 10.6 Å². The van der Waals surface area contributed by atoms with Gasteiger partial charge < -0.3 is 9.47 Å². The highest BCUT2D eigenvalue weighted by molar-refractivity contribution is 5.83. The van der Waals surface area contributed by atoms with Crippen LogP contribution in [0.1, 0.15) is 20.8 Å². The maximum absolute atomic E-state index is 11.4. The summed E-state index contributed by atoms with van der Waals surface area (Å²) in [5.41, 5.74) is -0.540. The Hall–Kier alpha value is -1.85. The SMILES string of the molecule is COc1cc(NC(=O)OC(C)(C)C)ncn1. The molecule has 0 saturated carbocycles. The van der Waals surface area contributed by atoms with E-state index in [0.717, 1.165) is 0 Å². The zero-order valence-electron chi connectivity index (χ0n) is 9.77. The molecule has 0 aliphatic heterocycles. The third-order valence-corrected chi connectivity index (χ3v) is 1.48. The second kappa shape index (κ2) is 4.78. The summed E-state index contributed by atoms with van der Waals surface area (Å²) in [5, 5.41) is 2.48. The van der Waals surface area contributed by atoms with Gasteiger partial charge >= 0.3 is 6.09 Å². The van der Waals surface area contributed by atoms with Gasteiger partial charge in [0.05, 0.1) is 7.11 Å². The first-order chi connectivity index (χ1) is 7.40. The van der Waals surface area contributed by atoms with Gasteiger partial charge in [-0.1, -0.05) is 0 Å². The Morgan fingerprint density at radius 1 is 1.38 bits per heavy atom. The standard InChI is InChI=1S/C10H15N3O3/c1-10(2,3)16-9(14)13-7-5-8(15-4)12-6-11-7/h5-6H,1-4H3,(H,11,12,13,14). The molecule has 1 amide bonds. The number of methoxy groups -OCH3 is 1. The molecule has 6 nitrogen and oxygen atoms in total. The van der Waals surface area contributed by atoms with Gasteiger partial charge in [0.2, 0.25) is 5.88 Å². The number of nitrogens with zero attached hydrogens (tertiary/aromatic N) is 2. The fraction of sp³-hybridized carbons (Fsp3) is 0.500. The van der Waals surface area contributed by atoms with Crippen LogP contribution >= 0.6 is 0 Å². The van der Waals surface area contributed by atoms with Crippen molar-refractivity contribution >= 4 is 11.9 Å². The highest BCUT2D eigenvalue weighted by atomic mass is 16.6. The summed E-state index contributed by atoms with van der Waals surface area (Å²) in [6.45, 7) is 5.35. The van der Waals surface area contributed by atoms with E-state index in [2.05, 4.69) is 15.3 Å². The van der Waals surface area contributed by atoms with E-state index in [4.69, 9.17) is 9.47 Å². The molecule has 0 radical (unpaired) electrons. The van der Waals surface area contributed by atoms with E-state index in [1.807, 2.05) is 0 Å². The van der Waals surface area contributed by atoms with Crippen molar-refractivity contribution in [3.8, 4) is 5.88 Å². The first kappa shape index (κ1) is 12.2. The van der Waals surface area contributed by atoms with Crippen LogP contribution in [-0.2, 0) is 4.74 Å². The van der Waals surface area contributed by atoms with E-state index in [1.54, 1.807) is 20.8 Å². The minimum Gasteiger partial charge on any atom is -0.481 e. The maximum atomic E-state index is 11.4. The first-order valence-electron chi connectivity index (χ1n) is 4.77. The first-order valence-corrected chi connectivity index (χ1v) is 4.77. The average molecular weight is 225 g/mol. The Morgan fingerprint density at radius 3 is 2.62 bits per heavy atom. The topological polar surface area (TPSA) is 73.3 Å². The molecule has 1 heterocycles. The van der Waals surface area contributed by atoms with Gasteiger partial charge in [-0.05, 0) is 20.8 Å². The Bertz CT molecular complexity index is 374. The van der Waals surface area contributed by atoms with Crippen LogP contribution in [0.25, 0.3) is 0 Å². The molecular formula is C10H15N3O3. The molecule has 0 aliphatic carbocycles. The van der Waals surface area contributed by atoms with Gasteiger partial charge in [0.1, 0.15) is 17.7 Å². The second-order valence-corrected chi connectivity index (χ2v) is 4.07. The van der Waals surface area contributed by atoms with Crippen molar-refractivity contribution in [2.75, 3.05) is 12.4 Å². The Balaban J connectivity index is 2.62. The van der Waals surface area contributed by atoms with Crippen molar-refractivity contribution in [3.05, 3.63) is 12.4 Å². The van der Waals surface area contributed by atoms with Crippen LogP contribution in [0.3, 0.4) is 0 Å². The maximum Gasteiger partial charge on any atom is 0.413 e. The normalized spacial score (nSPS) is 10.8. The van der Waals surface area contributed by atoms with Crippen molar-refractivity contribution in [2.24, 2.45) is 0 Å². The number of aromatic nitrogens is 2. The number of hydrogen-bond acceptors (Lipinski definition) is 5. The van der Waals surface area contributed by atoms with Crippen LogP contribution in [-0.4, -0.2) is 28.8 Å². The number of nitrogens with one attached hydrogen (secondary N) is 1. The largest absolute Gasteiger partial charge is 0.481 e. The van der Waals surface area contributed by atoms with Gasteiger partial charge in [-0.3, -0.25) is 5.32 Å². The van der Waals surface area contributed by atoms with E-state index in [0.29, 0.717) is 11.7 Å². The highest BCUT2D eigenvalue weighted by Crippen LogP contribution is 2.12. The summed E-state index contributed by atoms with van der Waals surface area (Å²) in [5.74, 6) is 0.710. The van der Waals surface area contributed by atoms with E-state index >= 15 is 0 Å². The molecule has 0 aliphatic rings.